The van der Waals surface area contributed by atoms with Crippen molar-refractivity contribution in [2.45, 2.75) is 18.9 Å². The van der Waals surface area contributed by atoms with Gasteiger partial charge in [-0.15, -0.1) is 0 Å². The predicted molar refractivity (Wildman–Crippen MR) is 131 cm³/mol. The molecule has 1 heterocycles. The number of benzene rings is 2. The third-order valence-electron chi connectivity index (χ3n) is 5.06. The Morgan fingerprint density at radius 2 is 1.85 bits per heavy atom. The lowest BCUT2D eigenvalue weighted by molar-refractivity contribution is -0.117. The lowest BCUT2D eigenvalue weighted by atomic mass is 10.2. The van der Waals surface area contributed by atoms with Crippen molar-refractivity contribution < 1.29 is 23.9 Å². The van der Waals surface area contributed by atoms with E-state index in [0.29, 0.717) is 22.4 Å². The van der Waals surface area contributed by atoms with Crippen molar-refractivity contribution in [3.8, 4) is 11.5 Å². The minimum Gasteiger partial charge on any atom is -0.497 e. The molecule has 10 heteroatoms. The van der Waals surface area contributed by atoms with E-state index in [1.54, 1.807) is 56.7 Å². The molecule has 9 nitrogen and oxygen atoms in total. The van der Waals surface area contributed by atoms with Gasteiger partial charge in [0.2, 0.25) is 5.91 Å². The summed E-state index contributed by atoms with van der Waals surface area (Å²) < 4.78 is 10.5. The van der Waals surface area contributed by atoms with Crippen molar-refractivity contribution in [1.29, 1.82) is 0 Å². The molecule has 2 aliphatic rings. The first-order valence-corrected chi connectivity index (χ1v) is 11.6. The van der Waals surface area contributed by atoms with Crippen molar-refractivity contribution in [2.75, 3.05) is 24.9 Å². The SMILES string of the molecule is COc1ccc(/C=C2\N=C(SCC(=O)NC(=O)NC3CC3)N(c3cccc(OC)c3)C2=O)cc1. The van der Waals surface area contributed by atoms with E-state index in [1.165, 1.54) is 4.90 Å². The fraction of sp³-hybridized carbons (Fsp3) is 0.250. The van der Waals surface area contributed by atoms with Crippen LogP contribution in [0.15, 0.2) is 59.2 Å². The van der Waals surface area contributed by atoms with Gasteiger partial charge in [0.15, 0.2) is 5.17 Å². The number of amides is 4. The molecule has 0 spiro atoms. The number of rotatable bonds is 7. The summed E-state index contributed by atoms with van der Waals surface area (Å²) in [5.74, 6) is 0.390. The van der Waals surface area contributed by atoms with Gasteiger partial charge in [-0.2, -0.15) is 0 Å². The van der Waals surface area contributed by atoms with E-state index in [1.807, 2.05) is 12.1 Å². The van der Waals surface area contributed by atoms with Crippen molar-refractivity contribution in [3.05, 3.63) is 59.8 Å². The molecule has 0 unspecified atom stereocenters. The average Bonchev–Trinajstić information content (AvgIpc) is 3.60. The number of hydrogen-bond acceptors (Lipinski definition) is 7. The molecule has 1 aliphatic heterocycles. The van der Waals surface area contributed by atoms with Crippen LogP contribution in [0.3, 0.4) is 0 Å². The number of ether oxygens (including phenoxy) is 2. The van der Waals surface area contributed by atoms with Crippen LogP contribution in [0.1, 0.15) is 18.4 Å². The summed E-state index contributed by atoms with van der Waals surface area (Å²) in [6.45, 7) is 0. The Labute approximate surface area is 201 Å². The Kier molecular flexibility index (Phi) is 7.17. The summed E-state index contributed by atoms with van der Waals surface area (Å²) in [5.41, 5.74) is 1.56. The van der Waals surface area contributed by atoms with Crippen LogP contribution >= 0.6 is 11.8 Å². The zero-order chi connectivity index (χ0) is 24.1. The van der Waals surface area contributed by atoms with Crippen LogP contribution in [0.2, 0.25) is 0 Å². The number of hydrogen-bond donors (Lipinski definition) is 2. The van der Waals surface area contributed by atoms with Gasteiger partial charge < -0.3 is 14.8 Å². The summed E-state index contributed by atoms with van der Waals surface area (Å²) in [5, 5.41) is 5.34. The van der Waals surface area contributed by atoms with Crippen molar-refractivity contribution >= 4 is 46.5 Å². The van der Waals surface area contributed by atoms with Gasteiger partial charge in [0.1, 0.15) is 17.2 Å². The van der Waals surface area contributed by atoms with E-state index in [9.17, 15) is 14.4 Å². The second-order valence-electron chi connectivity index (χ2n) is 7.62. The fourth-order valence-electron chi connectivity index (χ4n) is 3.17. The highest BCUT2D eigenvalue weighted by molar-refractivity contribution is 8.14. The van der Waals surface area contributed by atoms with E-state index in [-0.39, 0.29) is 23.4 Å². The highest BCUT2D eigenvalue weighted by Gasteiger charge is 2.33. The van der Waals surface area contributed by atoms with Crippen LogP contribution in [0, 0.1) is 0 Å². The second-order valence-corrected chi connectivity index (χ2v) is 8.57. The molecule has 0 bridgehead atoms. The number of carbonyl (C=O) groups excluding carboxylic acids is 3. The minimum atomic E-state index is -0.512. The van der Waals surface area contributed by atoms with Crippen LogP contribution in [-0.4, -0.2) is 49.0 Å². The molecular formula is C24H24N4O5S. The topological polar surface area (TPSA) is 109 Å². The zero-order valence-corrected chi connectivity index (χ0v) is 19.6. The molecule has 0 aromatic heterocycles. The summed E-state index contributed by atoms with van der Waals surface area (Å²) in [6, 6.07) is 13.9. The maximum atomic E-state index is 13.3. The van der Waals surface area contributed by atoms with E-state index < -0.39 is 11.9 Å². The lowest BCUT2D eigenvalue weighted by Gasteiger charge is -2.18. The third-order valence-corrected chi connectivity index (χ3v) is 6.00. The molecule has 0 saturated heterocycles. The lowest BCUT2D eigenvalue weighted by Crippen LogP contribution is -2.41. The molecule has 34 heavy (non-hydrogen) atoms. The molecule has 0 radical (unpaired) electrons. The van der Waals surface area contributed by atoms with Crippen LogP contribution in [0.4, 0.5) is 10.5 Å². The number of nitrogens with zero attached hydrogens (tertiary/aromatic N) is 2. The van der Waals surface area contributed by atoms with Crippen molar-refractivity contribution in [1.82, 2.24) is 10.6 Å². The number of anilines is 1. The smallest absolute Gasteiger partial charge is 0.321 e. The first-order valence-electron chi connectivity index (χ1n) is 10.6. The average molecular weight is 481 g/mol. The molecular weight excluding hydrogens is 456 g/mol. The van der Waals surface area contributed by atoms with Crippen LogP contribution < -0.4 is 25.0 Å². The maximum absolute atomic E-state index is 13.3. The van der Waals surface area contributed by atoms with E-state index in [0.717, 1.165) is 30.2 Å². The highest BCUT2D eigenvalue weighted by atomic mass is 32.2. The molecule has 1 aliphatic carbocycles. The molecule has 2 N–H and O–H groups in total. The first kappa shape index (κ1) is 23.4. The standard InChI is InChI=1S/C24H24N4O5S/c1-32-18-10-6-15(7-11-18)12-20-22(30)28(17-4-3-5-19(13-17)33-2)24(26-20)34-14-21(29)27-23(31)25-16-8-9-16/h3-7,10-13,16H,8-9,14H2,1-2H3,(H2,25,27,29,31)/b20-12-. The number of carbonyl (C=O) groups is 3. The number of methoxy groups -OCH3 is 2. The van der Waals surface area contributed by atoms with Crippen molar-refractivity contribution in [3.63, 3.8) is 0 Å². The minimum absolute atomic E-state index is 0.0829. The number of thioether (sulfide) groups is 1. The monoisotopic (exact) mass is 480 g/mol. The highest BCUT2D eigenvalue weighted by Crippen LogP contribution is 2.31. The van der Waals surface area contributed by atoms with Gasteiger partial charge in [0.25, 0.3) is 5.91 Å². The van der Waals surface area contributed by atoms with Gasteiger partial charge >= 0.3 is 6.03 Å². The Hall–Kier alpha value is -3.79. The number of imide groups is 1. The van der Waals surface area contributed by atoms with E-state index >= 15 is 0 Å². The van der Waals surface area contributed by atoms with Gasteiger partial charge in [-0.05, 0) is 48.7 Å². The van der Waals surface area contributed by atoms with Gasteiger partial charge in [-0.25, -0.2) is 9.79 Å². The summed E-state index contributed by atoms with van der Waals surface area (Å²) in [6.07, 6.45) is 3.52. The molecule has 176 valence electrons. The Bertz CT molecular complexity index is 1160. The number of amidine groups is 1. The summed E-state index contributed by atoms with van der Waals surface area (Å²) >= 11 is 1.07. The van der Waals surface area contributed by atoms with Gasteiger partial charge in [-0.1, -0.05) is 30.0 Å². The molecule has 1 saturated carbocycles. The third kappa shape index (κ3) is 5.76. The first-order chi connectivity index (χ1) is 16.5. The van der Waals surface area contributed by atoms with Gasteiger partial charge in [0, 0.05) is 12.1 Å². The molecule has 0 atom stereocenters. The summed E-state index contributed by atoms with van der Waals surface area (Å²) in [4.78, 5) is 43.3. The van der Waals surface area contributed by atoms with E-state index in [2.05, 4.69) is 15.6 Å². The number of aliphatic imine (C=N–C) groups is 1. The molecule has 4 amide bonds. The molecule has 2 aromatic rings. The van der Waals surface area contributed by atoms with Crippen molar-refractivity contribution in [2.24, 2.45) is 4.99 Å². The van der Waals surface area contributed by atoms with E-state index in [4.69, 9.17) is 9.47 Å². The Morgan fingerprint density at radius 3 is 2.53 bits per heavy atom. The molecule has 2 aromatic carbocycles. The fourth-order valence-corrected chi connectivity index (χ4v) is 3.98. The Morgan fingerprint density at radius 1 is 1.12 bits per heavy atom. The number of urea groups is 1. The zero-order valence-electron chi connectivity index (χ0n) is 18.7. The maximum Gasteiger partial charge on any atom is 0.321 e. The summed E-state index contributed by atoms with van der Waals surface area (Å²) in [7, 11) is 3.13. The quantitative estimate of drug-likeness (QED) is 0.589. The molecule has 1 fully saturated rings. The Balaban J connectivity index is 1.54. The molecule has 4 rings (SSSR count). The van der Waals surface area contributed by atoms with Gasteiger partial charge in [-0.3, -0.25) is 19.8 Å². The van der Waals surface area contributed by atoms with Gasteiger partial charge in [0.05, 0.1) is 25.7 Å². The largest absolute Gasteiger partial charge is 0.497 e. The predicted octanol–water partition coefficient (Wildman–Crippen LogP) is 3.17. The van der Waals surface area contributed by atoms with Crippen LogP contribution in [0.25, 0.3) is 6.08 Å². The normalized spacial score (nSPS) is 16.3. The van der Waals surface area contributed by atoms with Crippen LogP contribution in [-0.2, 0) is 9.59 Å². The number of nitrogens with one attached hydrogen (secondary N) is 2. The second kappa shape index (κ2) is 10.4. The van der Waals surface area contributed by atoms with Crippen LogP contribution in [0.5, 0.6) is 11.5 Å².